The van der Waals surface area contributed by atoms with E-state index in [1.165, 1.54) is 0 Å². The molecule has 0 fully saturated rings. The number of rotatable bonds is 2. The van der Waals surface area contributed by atoms with E-state index in [1.807, 2.05) is 49.4 Å². The third-order valence-corrected chi connectivity index (χ3v) is 3.54. The molecule has 2 N–H and O–H groups in total. The highest BCUT2D eigenvalue weighted by molar-refractivity contribution is 9.10. The van der Waals surface area contributed by atoms with Gasteiger partial charge in [0.2, 0.25) is 5.88 Å². The lowest BCUT2D eigenvalue weighted by atomic mass is 10.2. The standard InChI is InChI=1S/C16H13BrN2O/c1-10-8-11-4-2-3-5-14(11)19-16(10)20-15-7-6-12(17)9-13(15)18/h2-9H,18H2,1H3. The Balaban J connectivity index is 2.03. The van der Waals surface area contributed by atoms with Crippen LogP contribution in [0.2, 0.25) is 0 Å². The molecule has 0 unspecified atom stereocenters. The van der Waals surface area contributed by atoms with Crippen LogP contribution in [0.3, 0.4) is 0 Å². The number of aryl methyl sites for hydroxylation is 1. The first-order valence-electron chi connectivity index (χ1n) is 6.23. The second kappa shape index (κ2) is 5.13. The van der Waals surface area contributed by atoms with Crippen LogP contribution in [-0.2, 0) is 0 Å². The first-order valence-corrected chi connectivity index (χ1v) is 7.02. The average molecular weight is 329 g/mol. The molecule has 20 heavy (non-hydrogen) atoms. The number of ether oxygens (including phenoxy) is 1. The Morgan fingerprint density at radius 3 is 2.70 bits per heavy atom. The van der Waals surface area contributed by atoms with E-state index in [2.05, 4.69) is 27.0 Å². The van der Waals surface area contributed by atoms with E-state index in [9.17, 15) is 0 Å². The molecule has 2 aromatic carbocycles. The van der Waals surface area contributed by atoms with Gasteiger partial charge in [0, 0.05) is 15.4 Å². The summed E-state index contributed by atoms with van der Waals surface area (Å²) in [6, 6.07) is 15.6. The van der Waals surface area contributed by atoms with E-state index in [1.54, 1.807) is 0 Å². The van der Waals surface area contributed by atoms with Crippen LogP contribution in [0.4, 0.5) is 5.69 Å². The van der Waals surface area contributed by atoms with Gasteiger partial charge in [-0.15, -0.1) is 0 Å². The molecule has 0 saturated carbocycles. The van der Waals surface area contributed by atoms with Crippen molar-refractivity contribution in [2.24, 2.45) is 0 Å². The molecular weight excluding hydrogens is 316 g/mol. The van der Waals surface area contributed by atoms with Crippen LogP contribution in [0.15, 0.2) is 53.0 Å². The number of pyridine rings is 1. The van der Waals surface area contributed by atoms with Gasteiger partial charge in [-0.2, -0.15) is 0 Å². The van der Waals surface area contributed by atoms with Gasteiger partial charge in [0.15, 0.2) is 5.75 Å². The molecule has 3 rings (SSSR count). The largest absolute Gasteiger partial charge is 0.437 e. The van der Waals surface area contributed by atoms with Crippen LogP contribution in [0.1, 0.15) is 5.56 Å². The molecule has 3 nitrogen and oxygen atoms in total. The van der Waals surface area contributed by atoms with Crippen LogP contribution in [0.25, 0.3) is 10.9 Å². The minimum atomic E-state index is 0.578. The van der Waals surface area contributed by atoms with Crippen LogP contribution in [-0.4, -0.2) is 4.98 Å². The Labute approximate surface area is 125 Å². The number of hydrogen-bond acceptors (Lipinski definition) is 3. The smallest absolute Gasteiger partial charge is 0.222 e. The maximum atomic E-state index is 5.95. The number of nitrogens with two attached hydrogens (primary N) is 1. The minimum absolute atomic E-state index is 0.578. The van der Waals surface area contributed by atoms with Crippen molar-refractivity contribution in [2.45, 2.75) is 6.92 Å². The van der Waals surface area contributed by atoms with E-state index in [0.29, 0.717) is 17.3 Å². The monoisotopic (exact) mass is 328 g/mol. The number of halogens is 1. The third kappa shape index (κ3) is 2.47. The zero-order valence-electron chi connectivity index (χ0n) is 10.9. The summed E-state index contributed by atoms with van der Waals surface area (Å²) >= 11 is 3.38. The fourth-order valence-electron chi connectivity index (χ4n) is 2.02. The van der Waals surface area contributed by atoms with Crippen LogP contribution < -0.4 is 10.5 Å². The number of nitrogens with zero attached hydrogens (tertiary/aromatic N) is 1. The second-order valence-electron chi connectivity index (χ2n) is 4.59. The SMILES string of the molecule is Cc1cc2ccccc2nc1Oc1ccc(Br)cc1N. The lowest BCUT2D eigenvalue weighted by Gasteiger charge is -2.11. The number of para-hydroxylation sites is 1. The molecule has 0 amide bonds. The molecule has 0 saturated heterocycles. The van der Waals surface area contributed by atoms with Crippen molar-refractivity contribution in [3.8, 4) is 11.6 Å². The van der Waals surface area contributed by atoms with Gasteiger partial charge < -0.3 is 10.5 Å². The van der Waals surface area contributed by atoms with Gasteiger partial charge >= 0.3 is 0 Å². The van der Waals surface area contributed by atoms with E-state index >= 15 is 0 Å². The average Bonchev–Trinajstić information content (AvgIpc) is 2.42. The molecule has 0 radical (unpaired) electrons. The zero-order chi connectivity index (χ0) is 14.1. The fraction of sp³-hybridized carbons (Fsp3) is 0.0625. The van der Waals surface area contributed by atoms with E-state index < -0.39 is 0 Å². The lowest BCUT2D eigenvalue weighted by Crippen LogP contribution is -1.96. The quantitative estimate of drug-likeness (QED) is 0.695. The lowest BCUT2D eigenvalue weighted by molar-refractivity contribution is 0.463. The highest BCUT2D eigenvalue weighted by Crippen LogP contribution is 2.31. The Morgan fingerprint density at radius 1 is 1.10 bits per heavy atom. The summed E-state index contributed by atoms with van der Waals surface area (Å²) in [4.78, 5) is 4.54. The van der Waals surface area contributed by atoms with Crippen molar-refractivity contribution in [1.82, 2.24) is 4.98 Å². The predicted octanol–water partition coefficient (Wildman–Crippen LogP) is 4.68. The maximum absolute atomic E-state index is 5.95. The number of aromatic nitrogens is 1. The van der Waals surface area contributed by atoms with Gasteiger partial charge in [0.25, 0.3) is 0 Å². The summed E-state index contributed by atoms with van der Waals surface area (Å²) in [5, 5.41) is 1.10. The molecular formula is C16H13BrN2O. The molecule has 1 heterocycles. The highest BCUT2D eigenvalue weighted by atomic mass is 79.9. The fourth-order valence-corrected chi connectivity index (χ4v) is 2.40. The minimum Gasteiger partial charge on any atom is -0.437 e. The van der Waals surface area contributed by atoms with Crippen molar-refractivity contribution in [3.05, 3.63) is 58.6 Å². The molecule has 0 aliphatic heterocycles. The van der Waals surface area contributed by atoms with E-state index in [4.69, 9.17) is 10.5 Å². The van der Waals surface area contributed by atoms with Crippen LogP contribution in [0, 0.1) is 6.92 Å². The van der Waals surface area contributed by atoms with Crippen molar-refractivity contribution in [2.75, 3.05) is 5.73 Å². The summed E-state index contributed by atoms with van der Waals surface area (Å²) < 4.78 is 6.77. The molecule has 1 aromatic heterocycles. The van der Waals surface area contributed by atoms with Gasteiger partial charge in [0.1, 0.15) is 0 Å². The van der Waals surface area contributed by atoms with Gasteiger partial charge in [-0.1, -0.05) is 34.1 Å². The van der Waals surface area contributed by atoms with Crippen molar-refractivity contribution in [3.63, 3.8) is 0 Å². The first kappa shape index (κ1) is 12.9. The molecule has 0 atom stereocenters. The Hall–Kier alpha value is -2.07. The highest BCUT2D eigenvalue weighted by Gasteiger charge is 2.08. The summed E-state index contributed by atoms with van der Waals surface area (Å²) in [6.45, 7) is 1.98. The number of nitrogen functional groups attached to an aromatic ring is 1. The van der Waals surface area contributed by atoms with Crippen molar-refractivity contribution in [1.29, 1.82) is 0 Å². The third-order valence-electron chi connectivity index (χ3n) is 3.05. The molecule has 3 aromatic rings. The van der Waals surface area contributed by atoms with Gasteiger partial charge in [-0.05, 0) is 37.3 Å². The molecule has 0 bridgehead atoms. The topological polar surface area (TPSA) is 48.1 Å². The molecule has 0 aliphatic rings. The Morgan fingerprint density at radius 2 is 1.90 bits per heavy atom. The van der Waals surface area contributed by atoms with Crippen molar-refractivity contribution >= 4 is 32.5 Å². The van der Waals surface area contributed by atoms with Gasteiger partial charge in [-0.25, -0.2) is 4.98 Å². The zero-order valence-corrected chi connectivity index (χ0v) is 12.5. The number of fused-ring (bicyclic) bond motifs is 1. The number of hydrogen-bond donors (Lipinski definition) is 1. The normalized spacial score (nSPS) is 10.7. The van der Waals surface area contributed by atoms with Gasteiger partial charge in [0.05, 0.1) is 11.2 Å². The molecule has 0 spiro atoms. The van der Waals surface area contributed by atoms with Crippen LogP contribution in [0.5, 0.6) is 11.6 Å². The maximum Gasteiger partial charge on any atom is 0.222 e. The number of benzene rings is 2. The van der Waals surface area contributed by atoms with Crippen LogP contribution >= 0.6 is 15.9 Å². The van der Waals surface area contributed by atoms with Crippen molar-refractivity contribution < 1.29 is 4.74 Å². The second-order valence-corrected chi connectivity index (χ2v) is 5.50. The Kier molecular flexibility index (Phi) is 3.32. The molecule has 4 heteroatoms. The molecule has 0 aliphatic carbocycles. The predicted molar refractivity (Wildman–Crippen MR) is 85.1 cm³/mol. The summed E-state index contributed by atoms with van der Waals surface area (Å²) in [7, 11) is 0. The van der Waals surface area contributed by atoms with E-state index in [0.717, 1.165) is 20.9 Å². The summed E-state index contributed by atoms with van der Waals surface area (Å²) in [5.41, 5.74) is 8.41. The van der Waals surface area contributed by atoms with Gasteiger partial charge in [-0.3, -0.25) is 0 Å². The summed E-state index contributed by atoms with van der Waals surface area (Å²) in [6.07, 6.45) is 0. The Bertz CT molecular complexity index is 787. The first-order chi connectivity index (χ1) is 9.63. The summed E-state index contributed by atoms with van der Waals surface area (Å²) in [5.74, 6) is 1.19. The number of anilines is 1. The molecule has 100 valence electrons. The van der Waals surface area contributed by atoms with E-state index in [-0.39, 0.29) is 0 Å².